The van der Waals surface area contributed by atoms with Gasteiger partial charge in [0.1, 0.15) is 0 Å². The average Bonchev–Trinajstić information content (AvgIpc) is 2.38. The van der Waals surface area contributed by atoms with E-state index < -0.39 is 0 Å². The monoisotopic (exact) mass is 250 g/mol. The van der Waals surface area contributed by atoms with Crippen molar-refractivity contribution in [3.63, 3.8) is 0 Å². The molecule has 17 heavy (non-hydrogen) atoms. The minimum Gasteiger partial charge on any atom is -0.380 e. The lowest BCUT2D eigenvalue weighted by Gasteiger charge is -2.45. The number of halogens is 1. The molecule has 0 amide bonds. The summed E-state index contributed by atoms with van der Waals surface area (Å²) < 4.78 is 0. The van der Waals surface area contributed by atoms with E-state index in [0.29, 0.717) is 6.04 Å². The molecule has 1 N–H and O–H groups in total. The number of rotatable bonds is 1. The van der Waals surface area contributed by atoms with Crippen LogP contribution < -0.4 is 10.2 Å². The van der Waals surface area contributed by atoms with Gasteiger partial charge in [-0.1, -0.05) is 31.0 Å². The number of piperidine rings is 1. The zero-order valence-corrected chi connectivity index (χ0v) is 11.0. The van der Waals surface area contributed by atoms with Gasteiger partial charge in [0.2, 0.25) is 0 Å². The van der Waals surface area contributed by atoms with Crippen LogP contribution in [0.25, 0.3) is 0 Å². The molecule has 3 rings (SSSR count). The Morgan fingerprint density at radius 2 is 2.35 bits per heavy atom. The summed E-state index contributed by atoms with van der Waals surface area (Å²) in [5.74, 6) is 0.902. The van der Waals surface area contributed by atoms with E-state index in [1.54, 1.807) is 0 Å². The highest BCUT2D eigenvalue weighted by atomic mass is 35.5. The predicted octanol–water partition coefficient (Wildman–Crippen LogP) is 3.76. The normalized spacial score (nSPS) is 27.1. The lowest BCUT2D eigenvalue weighted by atomic mass is 9.87. The summed E-state index contributed by atoms with van der Waals surface area (Å²) in [4.78, 5) is 2.55. The number of benzene rings is 1. The predicted molar refractivity (Wildman–Crippen MR) is 74.1 cm³/mol. The molecule has 3 heteroatoms. The molecule has 2 heterocycles. The lowest BCUT2D eigenvalue weighted by molar-refractivity contribution is 0.336. The maximum absolute atomic E-state index is 6.24. The molecule has 92 valence electrons. The number of nitrogens with one attached hydrogen (secondary N) is 1. The fraction of sp³-hybridized carbons (Fsp3) is 0.571. The van der Waals surface area contributed by atoms with Gasteiger partial charge in [0, 0.05) is 19.1 Å². The molecular weight excluding hydrogens is 232 g/mol. The zero-order chi connectivity index (χ0) is 11.8. The van der Waals surface area contributed by atoms with Gasteiger partial charge in [-0.05, 0) is 30.9 Å². The molecule has 1 aromatic carbocycles. The van der Waals surface area contributed by atoms with E-state index in [2.05, 4.69) is 29.3 Å². The first kappa shape index (κ1) is 11.2. The zero-order valence-electron chi connectivity index (χ0n) is 10.2. The molecule has 0 bridgehead atoms. The number of fused-ring (bicyclic) bond motifs is 3. The van der Waals surface area contributed by atoms with Crippen molar-refractivity contribution in [3.05, 3.63) is 23.2 Å². The fourth-order valence-electron chi connectivity index (χ4n) is 3.16. The second-order valence-electron chi connectivity index (χ2n) is 5.16. The Morgan fingerprint density at radius 3 is 3.18 bits per heavy atom. The summed E-state index contributed by atoms with van der Waals surface area (Å²) in [5.41, 5.74) is 2.42. The Bertz CT molecular complexity index is 419. The second kappa shape index (κ2) is 4.41. The van der Waals surface area contributed by atoms with Crippen molar-refractivity contribution in [2.75, 3.05) is 23.3 Å². The van der Waals surface area contributed by atoms with Gasteiger partial charge < -0.3 is 10.2 Å². The van der Waals surface area contributed by atoms with Crippen LogP contribution in [0.4, 0.5) is 11.4 Å². The first-order valence-electron chi connectivity index (χ1n) is 6.58. The van der Waals surface area contributed by atoms with E-state index >= 15 is 0 Å². The number of para-hydroxylation sites is 1. The van der Waals surface area contributed by atoms with Crippen LogP contribution in [0, 0.1) is 5.92 Å². The number of anilines is 2. The highest BCUT2D eigenvalue weighted by molar-refractivity contribution is 6.34. The Morgan fingerprint density at radius 1 is 1.47 bits per heavy atom. The number of hydrogen-bond acceptors (Lipinski definition) is 2. The van der Waals surface area contributed by atoms with Crippen LogP contribution in [-0.2, 0) is 0 Å². The van der Waals surface area contributed by atoms with E-state index in [4.69, 9.17) is 11.6 Å². The third-order valence-corrected chi connectivity index (χ3v) is 4.53. The molecule has 2 unspecified atom stereocenters. The second-order valence-corrected chi connectivity index (χ2v) is 5.57. The molecule has 0 aromatic heterocycles. The van der Waals surface area contributed by atoms with Gasteiger partial charge in [-0.3, -0.25) is 0 Å². The van der Waals surface area contributed by atoms with Gasteiger partial charge in [-0.15, -0.1) is 0 Å². The van der Waals surface area contributed by atoms with E-state index in [9.17, 15) is 0 Å². The molecule has 2 atom stereocenters. The van der Waals surface area contributed by atoms with E-state index in [1.165, 1.54) is 31.5 Å². The van der Waals surface area contributed by atoms with Crippen molar-refractivity contribution >= 4 is 23.0 Å². The minimum absolute atomic E-state index is 0.652. The fourth-order valence-corrected chi connectivity index (χ4v) is 3.40. The summed E-state index contributed by atoms with van der Waals surface area (Å²) in [5, 5.41) is 4.35. The van der Waals surface area contributed by atoms with Crippen molar-refractivity contribution in [1.29, 1.82) is 0 Å². The van der Waals surface area contributed by atoms with Gasteiger partial charge in [0.05, 0.1) is 16.4 Å². The van der Waals surface area contributed by atoms with Gasteiger partial charge in [0.15, 0.2) is 0 Å². The third-order valence-electron chi connectivity index (χ3n) is 4.22. The molecule has 2 nitrogen and oxygen atoms in total. The molecule has 2 aliphatic rings. The minimum atomic E-state index is 0.652. The maximum Gasteiger partial charge on any atom is 0.0768 e. The average molecular weight is 251 g/mol. The van der Waals surface area contributed by atoms with Gasteiger partial charge >= 0.3 is 0 Å². The van der Waals surface area contributed by atoms with Crippen molar-refractivity contribution in [2.24, 2.45) is 5.92 Å². The molecule has 1 aromatic rings. The van der Waals surface area contributed by atoms with E-state index in [1.807, 2.05) is 6.07 Å². The summed E-state index contributed by atoms with van der Waals surface area (Å²) >= 11 is 6.24. The summed E-state index contributed by atoms with van der Waals surface area (Å²) in [6, 6.07) is 6.86. The van der Waals surface area contributed by atoms with Crippen LogP contribution >= 0.6 is 11.6 Å². The standard InChI is InChI=1S/C14H19ClN2/c1-2-10-6-7-17-11(8-10)9-16-14-12(15)4-3-5-13(14)17/h3-5,10-11,16H,2,6-9H2,1H3. The number of hydrogen-bond donors (Lipinski definition) is 1. The third kappa shape index (κ3) is 1.89. The maximum atomic E-state index is 6.24. The molecule has 1 saturated heterocycles. The molecule has 0 saturated carbocycles. The van der Waals surface area contributed by atoms with Crippen molar-refractivity contribution in [3.8, 4) is 0 Å². The van der Waals surface area contributed by atoms with Crippen molar-refractivity contribution < 1.29 is 0 Å². The summed E-state index contributed by atoms with van der Waals surface area (Å²) in [6.45, 7) is 4.52. The molecule has 0 radical (unpaired) electrons. The Hall–Kier alpha value is -0.890. The van der Waals surface area contributed by atoms with Gasteiger partial charge in [-0.2, -0.15) is 0 Å². The molecule has 2 aliphatic heterocycles. The van der Waals surface area contributed by atoms with Crippen molar-refractivity contribution in [1.82, 2.24) is 0 Å². The summed E-state index contributed by atoms with van der Waals surface area (Å²) in [6.07, 6.45) is 3.95. The van der Waals surface area contributed by atoms with E-state index in [0.717, 1.165) is 23.2 Å². The first-order chi connectivity index (χ1) is 8.29. The highest BCUT2D eigenvalue weighted by Gasteiger charge is 2.32. The van der Waals surface area contributed by atoms with Crippen LogP contribution in [0.2, 0.25) is 5.02 Å². The smallest absolute Gasteiger partial charge is 0.0768 e. The van der Waals surface area contributed by atoms with Crippen LogP contribution in [0.15, 0.2) is 18.2 Å². The van der Waals surface area contributed by atoms with Gasteiger partial charge in [0.25, 0.3) is 0 Å². The van der Waals surface area contributed by atoms with Crippen LogP contribution in [0.5, 0.6) is 0 Å². The van der Waals surface area contributed by atoms with Crippen LogP contribution in [0.1, 0.15) is 26.2 Å². The Kier molecular flexibility index (Phi) is 2.91. The van der Waals surface area contributed by atoms with Crippen molar-refractivity contribution in [2.45, 2.75) is 32.2 Å². The van der Waals surface area contributed by atoms with E-state index in [-0.39, 0.29) is 0 Å². The Balaban J connectivity index is 1.90. The summed E-state index contributed by atoms with van der Waals surface area (Å²) in [7, 11) is 0. The molecule has 1 fully saturated rings. The quantitative estimate of drug-likeness (QED) is 0.817. The highest BCUT2D eigenvalue weighted by Crippen LogP contribution is 2.40. The number of nitrogens with zero attached hydrogens (tertiary/aromatic N) is 1. The van der Waals surface area contributed by atoms with Gasteiger partial charge in [-0.25, -0.2) is 0 Å². The van der Waals surface area contributed by atoms with Crippen LogP contribution in [0.3, 0.4) is 0 Å². The molecular formula is C14H19ClN2. The first-order valence-corrected chi connectivity index (χ1v) is 6.96. The topological polar surface area (TPSA) is 15.3 Å². The molecule has 0 aliphatic carbocycles. The molecule has 0 spiro atoms. The SMILES string of the molecule is CCC1CCN2c3cccc(Cl)c3NCC2C1. The Labute approximate surface area is 108 Å². The van der Waals surface area contributed by atoms with Crippen LogP contribution in [-0.4, -0.2) is 19.1 Å². The lowest BCUT2D eigenvalue weighted by Crippen LogP contribution is -2.49. The largest absolute Gasteiger partial charge is 0.380 e.